The van der Waals surface area contributed by atoms with E-state index in [0.717, 1.165) is 30.1 Å². The largest absolute Gasteiger partial charge is 0.370 e. The van der Waals surface area contributed by atoms with Crippen LogP contribution >= 0.6 is 11.3 Å². The molecule has 1 aromatic heterocycles. The first kappa shape index (κ1) is 20.7. The Labute approximate surface area is 167 Å². The Morgan fingerprint density at radius 3 is 2.61 bits per heavy atom. The summed E-state index contributed by atoms with van der Waals surface area (Å²) in [5.41, 5.74) is 6.20. The number of quaternary nitrogens is 1. The first-order chi connectivity index (χ1) is 13.3. The van der Waals surface area contributed by atoms with E-state index in [2.05, 4.69) is 10.6 Å². The molecule has 5 N–H and O–H groups in total. The SMILES string of the molecule is CC1(C)Cc2c(sc(NC(=O)C(=O)NCC[NH+]3CCOCC3)c2C(N)=O)CO1. The number of carbonyl (C=O) groups is 3. The predicted octanol–water partition coefficient (Wildman–Crippen LogP) is -1.33. The molecule has 9 nitrogen and oxygen atoms in total. The molecule has 1 fully saturated rings. The zero-order valence-electron chi connectivity index (χ0n) is 16.2. The van der Waals surface area contributed by atoms with E-state index in [9.17, 15) is 14.4 Å². The van der Waals surface area contributed by atoms with Gasteiger partial charge in [-0.05, 0) is 19.4 Å². The van der Waals surface area contributed by atoms with Gasteiger partial charge in [-0.2, -0.15) is 0 Å². The van der Waals surface area contributed by atoms with Gasteiger partial charge in [0.1, 0.15) is 18.1 Å². The van der Waals surface area contributed by atoms with Crippen LogP contribution in [-0.2, 0) is 32.1 Å². The van der Waals surface area contributed by atoms with Crippen molar-refractivity contribution in [3.05, 3.63) is 16.0 Å². The van der Waals surface area contributed by atoms with E-state index in [0.29, 0.717) is 37.8 Å². The number of nitrogens with one attached hydrogen (secondary N) is 3. The molecule has 154 valence electrons. The number of carbonyl (C=O) groups excluding carboxylic acids is 3. The van der Waals surface area contributed by atoms with Crippen LogP contribution in [0.2, 0.25) is 0 Å². The van der Waals surface area contributed by atoms with Gasteiger partial charge >= 0.3 is 11.8 Å². The molecule has 28 heavy (non-hydrogen) atoms. The fraction of sp³-hybridized carbons (Fsp3) is 0.611. The quantitative estimate of drug-likeness (QED) is 0.447. The Morgan fingerprint density at radius 2 is 1.93 bits per heavy atom. The van der Waals surface area contributed by atoms with Gasteiger partial charge in [-0.1, -0.05) is 0 Å². The lowest BCUT2D eigenvalue weighted by Gasteiger charge is -2.30. The average molecular weight is 412 g/mol. The van der Waals surface area contributed by atoms with Gasteiger partial charge in [-0.3, -0.25) is 14.4 Å². The van der Waals surface area contributed by atoms with Crippen LogP contribution < -0.4 is 21.3 Å². The molecule has 0 aliphatic carbocycles. The number of hydrogen-bond donors (Lipinski definition) is 4. The smallest absolute Gasteiger partial charge is 0.314 e. The van der Waals surface area contributed by atoms with Crippen molar-refractivity contribution in [3.8, 4) is 0 Å². The number of amides is 3. The molecule has 3 amide bonds. The Kier molecular flexibility index (Phi) is 6.33. The molecule has 10 heteroatoms. The highest BCUT2D eigenvalue weighted by Gasteiger charge is 2.33. The van der Waals surface area contributed by atoms with Gasteiger partial charge in [0, 0.05) is 11.3 Å². The van der Waals surface area contributed by atoms with Crippen molar-refractivity contribution >= 4 is 34.1 Å². The maximum absolute atomic E-state index is 12.3. The third kappa shape index (κ3) is 4.88. The predicted molar refractivity (Wildman–Crippen MR) is 103 cm³/mol. The third-order valence-corrected chi connectivity index (χ3v) is 6.05. The first-order valence-electron chi connectivity index (χ1n) is 9.35. The zero-order valence-corrected chi connectivity index (χ0v) is 17.0. The molecule has 0 unspecified atom stereocenters. The lowest BCUT2D eigenvalue weighted by Crippen LogP contribution is -3.14. The van der Waals surface area contributed by atoms with E-state index in [1.807, 2.05) is 13.8 Å². The number of primary amides is 1. The van der Waals surface area contributed by atoms with E-state index in [1.165, 1.54) is 16.2 Å². The Morgan fingerprint density at radius 1 is 1.21 bits per heavy atom. The summed E-state index contributed by atoms with van der Waals surface area (Å²) in [6.45, 7) is 8.54. The van der Waals surface area contributed by atoms with Crippen molar-refractivity contribution in [2.75, 3.05) is 44.7 Å². The van der Waals surface area contributed by atoms with Gasteiger partial charge in [-0.15, -0.1) is 11.3 Å². The van der Waals surface area contributed by atoms with Crippen molar-refractivity contribution in [3.63, 3.8) is 0 Å². The number of fused-ring (bicyclic) bond motifs is 1. The molecule has 3 heterocycles. The molecule has 1 aromatic rings. The second kappa shape index (κ2) is 8.56. The van der Waals surface area contributed by atoms with Gasteiger partial charge < -0.3 is 30.7 Å². The van der Waals surface area contributed by atoms with Gasteiger partial charge in [0.15, 0.2) is 0 Å². The fourth-order valence-electron chi connectivity index (χ4n) is 3.41. The van der Waals surface area contributed by atoms with E-state index >= 15 is 0 Å². The molecule has 0 atom stereocenters. The number of ether oxygens (including phenoxy) is 2. The van der Waals surface area contributed by atoms with Gasteiger partial charge in [0.05, 0.1) is 44.1 Å². The minimum Gasteiger partial charge on any atom is -0.370 e. The van der Waals surface area contributed by atoms with E-state index in [-0.39, 0.29) is 5.56 Å². The normalized spacial score (nSPS) is 18.9. The highest BCUT2D eigenvalue weighted by molar-refractivity contribution is 7.17. The molecule has 3 rings (SSSR count). The molecule has 0 aromatic carbocycles. The molecule has 2 aliphatic rings. The third-order valence-electron chi connectivity index (χ3n) is 4.93. The summed E-state index contributed by atoms with van der Waals surface area (Å²) in [4.78, 5) is 38.6. The standard InChI is InChI=1S/C18H26N4O5S/c1-18(2)9-11-12(10-27-18)28-17(13(11)14(19)23)21-16(25)15(24)20-3-4-22-5-7-26-8-6-22/h3-10H2,1-2H3,(H2,19,23)(H,20,24)(H,21,25)/p+1. The Balaban J connectivity index is 1.61. The Bertz CT molecular complexity index is 770. The van der Waals surface area contributed by atoms with Crippen LogP contribution in [-0.4, -0.2) is 62.7 Å². The van der Waals surface area contributed by atoms with Crippen LogP contribution in [0.15, 0.2) is 0 Å². The second-order valence-electron chi connectivity index (χ2n) is 7.62. The molecule has 0 bridgehead atoms. The fourth-order valence-corrected chi connectivity index (χ4v) is 4.54. The lowest BCUT2D eigenvalue weighted by atomic mass is 9.93. The van der Waals surface area contributed by atoms with Gasteiger partial charge in [0.25, 0.3) is 5.91 Å². The van der Waals surface area contributed by atoms with Crippen molar-refractivity contribution in [2.24, 2.45) is 5.73 Å². The number of thiophene rings is 1. The number of anilines is 1. The van der Waals surface area contributed by atoms with E-state index in [1.54, 1.807) is 0 Å². The van der Waals surface area contributed by atoms with Crippen LogP contribution in [0, 0.1) is 0 Å². The molecule has 1 saturated heterocycles. The number of nitrogens with two attached hydrogens (primary N) is 1. The molecule has 2 aliphatic heterocycles. The van der Waals surface area contributed by atoms with Crippen molar-refractivity contribution in [1.29, 1.82) is 0 Å². The zero-order chi connectivity index (χ0) is 20.3. The maximum atomic E-state index is 12.3. The summed E-state index contributed by atoms with van der Waals surface area (Å²) >= 11 is 1.23. The topological polar surface area (TPSA) is 124 Å². The monoisotopic (exact) mass is 411 g/mol. The molecular formula is C18H27N4O5S+. The van der Waals surface area contributed by atoms with Crippen molar-refractivity contribution in [1.82, 2.24) is 5.32 Å². The molecule has 0 saturated carbocycles. The number of hydrogen-bond acceptors (Lipinski definition) is 6. The van der Waals surface area contributed by atoms with Crippen LogP contribution in [0.3, 0.4) is 0 Å². The minimum atomic E-state index is -0.807. The molecule has 0 spiro atoms. The van der Waals surface area contributed by atoms with Crippen LogP contribution in [0.1, 0.15) is 34.6 Å². The maximum Gasteiger partial charge on any atom is 0.314 e. The van der Waals surface area contributed by atoms with Gasteiger partial charge in [0.2, 0.25) is 0 Å². The lowest BCUT2D eigenvalue weighted by molar-refractivity contribution is -0.906. The van der Waals surface area contributed by atoms with Crippen LogP contribution in [0.5, 0.6) is 0 Å². The highest BCUT2D eigenvalue weighted by Crippen LogP contribution is 2.40. The number of rotatable bonds is 5. The van der Waals surface area contributed by atoms with Crippen LogP contribution in [0.4, 0.5) is 5.00 Å². The molecular weight excluding hydrogens is 384 g/mol. The summed E-state index contributed by atoms with van der Waals surface area (Å²) < 4.78 is 11.0. The minimum absolute atomic E-state index is 0.273. The summed E-state index contributed by atoms with van der Waals surface area (Å²) in [6.07, 6.45) is 0.515. The Hall–Kier alpha value is -2.01. The summed E-state index contributed by atoms with van der Waals surface area (Å²) in [6, 6.07) is 0. The van der Waals surface area contributed by atoms with Crippen molar-refractivity contribution in [2.45, 2.75) is 32.5 Å². The van der Waals surface area contributed by atoms with Crippen molar-refractivity contribution < 1.29 is 28.8 Å². The van der Waals surface area contributed by atoms with Gasteiger partial charge in [-0.25, -0.2) is 0 Å². The van der Waals surface area contributed by atoms with E-state index < -0.39 is 23.3 Å². The number of morpholine rings is 1. The second-order valence-corrected chi connectivity index (χ2v) is 8.72. The average Bonchev–Trinajstić information content (AvgIpc) is 2.98. The van der Waals surface area contributed by atoms with Crippen LogP contribution in [0.25, 0.3) is 0 Å². The summed E-state index contributed by atoms with van der Waals surface area (Å²) in [7, 11) is 0. The summed E-state index contributed by atoms with van der Waals surface area (Å²) in [5.74, 6) is -2.16. The van der Waals surface area contributed by atoms with E-state index in [4.69, 9.17) is 15.2 Å². The molecule has 0 radical (unpaired) electrons. The highest BCUT2D eigenvalue weighted by atomic mass is 32.1. The summed E-state index contributed by atoms with van der Waals surface area (Å²) in [5, 5.41) is 5.48. The first-order valence-corrected chi connectivity index (χ1v) is 10.2.